The van der Waals surface area contributed by atoms with Crippen LogP contribution in [-0.2, 0) is 0 Å². The Balaban J connectivity index is 2.38. The molecule has 0 spiro atoms. The molecule has 0 aliphatic carbocycles. The van der Waals surface area contributed by atoms with E-state index >= 15 is 0 Å². The maximum absolute atomic E-state index is 10.8. The number of carbonyl (C=O) groups is 1. The van der Waals surface area contributed by atoms with Gasteiger partial charge in [-0.05, 0) is 24.3 Å². The van der Waals surface area contributed by atoms with Crippen LogP contribution in [0.5, 0.6) is 11.6 Å². The molecule has 0 unspecified atom stereocenters. The van der Waals surface area contributed by atoms with Gasteiger partial charge in [-0.2, -0.15) is 5.26 Å². The molecular formula is C13H8N2O2. The third kappa shape index (κ3) is 2.29. The Bertz CT molecular complexity index is 588. The Hall–Kier alpha value is -2.67. The van der Waals surface area contributed by atoms with Crippen molar-refractivity contribution in [2.24, 2.45) is 0 Å². The van der Waals surface area contributed by atoms with Gasteiger partial charge in [0.15, 0.2) is 6.29 Å². The number of aldehydes is 1. The maximum Gasteiger partial charge on any atom is 0.229 e. The van der Waals surface area contributed by atoms with Crippen molar-refractivity contribution in [2.45, 2.75) is 0 Å². The average molecular weight is 224 g/mol. The summed E-state index contributed by atoms with van der Waals surface area (Å²) in [6.07, 6.45) is 2.19. The first-order valence-electron chi connectivity index (χ1n) is 4.92. The number of carbonyl (C=O) groups excluding carboxylic acids is 1. The average Bonchev–Trinajstić information content (AvgIpc) is 2.40. The molecule has 2 aromatic rings. The molecule has 2 rings (SSSR count). The number of hydrogen-bond donors (Lipinski definition) is 0. The van der Waals surface area contributed by atoms with Crippen molar-refractivity contribution in [1.82, 2.24) is 4.98 Å². The van der Waals surface area contributed by atoms with Crippen LogP contribution in [0.1, 0.15) is 15.9 Å². The Labute approximate surface area is 98.1 Å². The van der Waals surface area contributed by atoms with E-state index in [1.165, 1.54) is 6.20 Å². The smallest absolute Gasteiger partial charge is 0.229 e. The summed E-state index contributed by atoms with van der Waals surface area (Å²) in [6.45, 7) is 0. The summed E-state index contributed by atoms with van der Waals surface area (Å²) >= 11 is 0. The van der Waals surface area contributed by atoms with Gasteiger partial charge < -0.3 is 4.74 Å². The zero-order valence-corrected chi connectivity index (χ0v) is 8.83. The molecule has 1 heterocycles. The first kappa shape index (κ1) is 10.8. The van der Waals surface area contributed by atoms with Crippen molar-refractivity contribution in [1.29, 1.82) is 5.26 Å². The molecule has 0 saturated heterocycles. The van der Waals surface area contributed by atoms with Crippen molar-refractivity contribution >= 4 is 6.29 Å². The van der Waals surface area contributed by atoms with Gasteiger partial charge in [0.05, 0.1) is 11.1 Å². The van der Waals surface area contributed by atoms with E-state index in [9.17, 15) is 4.79 Å². The van der Waals surface area contributed by atoms with Crippen LogP contribution in [0.2, 0.25) is 0 Å². The van der Waals surface area contributed by atoms with E-state index in [0.717, 1.165) is 0 Å². The number of rotatable bonds is 3. The number of nitriles is 1. The zero-order chi connectivity index (χ0) is 12.1. The molecule has 0 aliphatic heterocycles. The van der Waals surface area contributed by atoms with E-state index in [0.29, 0.717) is 23.2 Å². The lowest BCUT2D eigenvalue weighted by atomic mass is 10.2. The van der Waals surface area contributed by atoms with Gasteiger partial charge in [0, 0.05) is 6.20 Å². The highest BCUT2D eigenvalue weighted by molar-refractivity contribution is 5.78. The highest BCUT2D eigenvalue weighted by Crippen LogP contribution is 2.24. The summed E-state index contributed by atoms with van der Waals surface area (Å²) < 4.78 is 5.46. The normalized spacial score (nSPS) is 9.35. The van der Waals surface area contributed by atoms with Crippen LogP contribution in [0, 0.1) is 11.3 Å². The quantitative estimate of drug-likeness (QED) is 0.751. The van der Waals surface area contributed by atoms with Gasteiger partial charge in [0.1, 0.15) is 11.8 Å². The van der Waals surface area contributed by atoms with Crippen LogP contribution in [0.25, 0.3) is 0 Å². The molecule has 0 atom stereocenters. The summed E-state index contributed by atoms with van der Waals surface area (Å²) in [7, 11) is 0. The number of benzene rings is 1. The molecule has 1 aromatic carbocycles. The SMILES string of the molecule is N#Cc1ccccc1Oc1ncccc1C=O. The molecule has 4 heteroatoms. The van der Waals surface area contributed by atoms with Gasteiger partial charge in [-0.15, -0.1) is 0 Å². The van der Waals surface area contributed by atoms with E-state index in [1.54, 1.807) is 36.4 Å². The summed E-state index contributed by atoms with van der Waals surface area (Å²) in [5, 5.41) is 8.90. The fraction of sp³-hybridized carbons (Fsp3) is 0. The standard InChI is InChI=1S/C13H8N2O2/c14-8-10-4-1-2-6-12(10)17-13-11(9-16)5-3-7-15-13/h1-7,9H. The second kappa shape index (κ2) is 4.90. The van der Waals surface area contributed by atoms with Crippen molar-refractivity contribution < 1.29 is 9.53 Å². The Morgan fingerprint density at radius 3 is 2.82 bits per heavy atom. The van der Waals surface area contributed by atoms with Crippen molar-refractivity contribution in [2.75, 3.05) is 0 Å². The fourth-order valence-electron chi connectivity index (χ4n) is 1.33. The lowest BCUT2D eigenvalue weighted by molar-refractivity contribution is 0.112. The molecule has 0 radical (unpaired) electrons. The van der Waals surface area contributed by atoms with Gasteiger partial charge in [-0.25, -0.2) is 4.98 Å². The Morgan fingerprint density at radius 1 is 1.24 bits per heavy atom. The second-order valence-corrected chi connectivity index (χ2v) is 3.23. The lowest BCUT2D eigenvalue weighted by Crippen LogP contribution is -1.94. The van der Waals surface area contributed by atoms with E-state index < -0.39 is 0 Å². The summed E-state index contributed by atoms with van der Waals surface area (Å²) in [6, 6.07) is 12.0. The largest absolute Gasteiger partial charge is 0.437 e. The molecule has 4 nitrogen and oxygen atoms in total. The number of hydrogen-bond acceptors (Lipinski definition) is 4. The Morgan fingerprint density at radius 2 is 2.06 bits per heavy atom. The van der Waals surface area contributed by atoms with E-state index in [2.05, 4.69) is 4.98 Å². The predicted molar refractivity (Wildman–Crippen MR) is 60.9 cm³/mol. The first-order chi connectivity index (χ1) is 8.35. The van der Waals surface area contributed by atoms with Crippen LogP contribution in [0.4, 0.5) is 0 Å². The molecule has 82 valence electrons. The fourth-order valence-corrected chi connectivity index (χ4v) is 1.33. The highest BCUT2D eigenvalue weighted by atomic mass is 16.5. The van der Waals surface area contributed by atoms with Crippen LogP contribution in [0.15, 0.2) is 42.6 Å². The lowest BCUT2D eigenvalue weighted by Gasteiger charge is -2.07. The number of para-hydroxylation sites is 1. The molecule has 0 bridgehead atoms. The molecule has 0 aliphatic rings. The molecule has 17 heavy (non-hydrogen) atoms. The van der Waals surface area contributed by atoms with E-state index in [1.807, 2.05) is 6.07 Å². The molecule has 0 fully saturated rings. The van der Waals surface area contributed by atoms with Gasteiger partial charge >= 0.3 is 0 Å². The maximum atomic E-state index is 10.8. The summed E-state index contributed by atoms with van der Waals surface area (Å²) in [5.74, 6) is 0.585. The zero-order valence-electron chi connectivity index (χ0n) is 8.83. The van der Waals surface area contributed by atoms with E-state index in [4.69, 9.17) is 10.00 Å². The van der Waals surface area contributed by atoms with Crippen LogP contribution < -0.4 is 4.74 Å². The number of pyridine rings is 1. The third-order valence-corrected chi connectivity index (χ3v) is 2.14. The molecule has 1 aromatic heterocycles. The summed E-state index contributed by atoms with van der Waals surface area (Å²) in [4.78, 5) is 14.7. The molecule has 0 amide bonds. The molecular weight excluding hydrogens is 216 g/mol. The number of ether oxygens (including phenoxy) is 1. The van der Waals surface area contributed by atoms with Crippen molar-refractivity contribution in [3.05, 3.63) is 53.7 Å². The summed E-state index contributed by atoms with van der Waals surface area (Å²) in [5.41, 5.74) is 0.746. The highest BCUT2D eigenvalue weighted by Gasteiger charge is 2.07. The number of aromatic nitrogens is 1. The second-order valence-electron chi connectivity index (χ2n) is 3.23. The van der Waals surface area contributed by atoms with Gasteiger partial charge in [-0.3, -0.25) is 4.79 Å². The van der Waals surface area contributed by atoms with Crippen LogP contribution >= 0.6 is 0 Å². The minimum absolute atomic E-state index is 0.199. The minimum Gasteiger partial charge on any atom is -0.437 e. The van der Waals surface area contributed by atoms with E-state index in [-0.39, 0.29) is 5.88 Å². The van der Waals surface area contributed by atoms with Crippen LogP contribution in [0.3, 0.4) is 0 Å². The van der Waals surface area contributed by atoms with Crippen molar-refractivity contribution in [3.8, 4) is 17.7 Å². The monoisotopic (exact) mass is 224 g/mol. The molecule has 0 saturated carbocycles. The molecule has 0 N–H and O–H groups in total. The minimum atomic E-state index is 0.199. The van der Waals surface area contributed by atoms with Gasteiger partial charge in [0.25, 0.3) is 0 Å². The third-order valence-electron chi connectivity index (χ3n) is 2.14. The van der Waals surface area contributed by atoms with Crippen molar-refractivity contribution in [3.63, 3.8) is 0 Å². The van der Waals surface area contributed by atoms with Gasteiger partial charge in [0.2, 0.25) is 5.88 Å². The predicted octanol–water partition coefficient (Wildman–Crippen LogP) is 2.56. The first-order valence-corrected chi connectivity index (χ1v) is 4.92. The Kier molecular flexibility index (Phi) is 3.13. The topological polar surface area (TPSA) is 63.0 Å². The number of nitrogens with zero attached hydrogens (tertiary/aromatic N) is 2. The van der Waals surface area contributed by atoms with Crippen LogP contribution in [-0.4, -0.2) is 11.3 Å². The van der Waals surface area contributed by atoms with Gasteiger partial charge in [-0.1, -0.05) is 12.1 Å².